The minimum atomic E-state index is -1.02. The molecule has 0 heterocycles. The lowest BCUT2D eigenvalue weighted by Crippen LogP contribution is -2.46. The van der Waals surface area contributed by atoms with Gasteiger partial charge in [0.2, 0.25) is 0 Å². The molecule has 0 spiro atoms. The van der Waals surface area contributed by atoms with Crippen LogP contribution in [0.15, 0.2) is 97.1 Å². The van der Waals surface area contributed by atoms with E-state index in [4.69, 9.17) is 14.2 Å². The summed E-state index contributed by atoms with van der Waals surface area (Å²) in [5.74, 6) is -0.713. The fourth-order valence-electron chi connectivity index (χ4n) is 6.60. The molecule has 6 rings (SSSR count). The Morgan fingerprint density at radius 2 is 0.942 bits per heavy atom. The molecule has 11 heteroatoms. The number of carbonyl (C=O) groups excluding carboxylic acids is 4. The second-order valence-corrected chi connectivity index (χ2v) is 16.3. The van der Waals surface area contributed by atoms with Crippen molar-refractivity contribution in [2.24, 2.45) is 0 Å². The van der Waals surface area contributed by atoms with Crippen molar-refractivity contribution < 1.29 is 33.4 Å². The van der Waals surface area contributed by atoms with Crippen LogP contribution in [0.1, 0.15) is 61.8 Å². The van der Waals surface area contributed by atoms with E-state index < -0.39 is 35.8 Å². The van der Waals surface area contributed by atoms with Crippen LogP contribution >= 0.6 is 21.6 Å². The largest absolute Gasteiger partial charge is 0.458 e. The summed E-state index contributed by atoms with van der Waals surface area (Å²) in [5.41, 5.74) is 8.06. The SMILES string of the molecule is CC(=O)[C@@H](CSSC[C@@H](NC(=O)OCC1c2ccccc2-c2ccccc21)C(=O)OC(C)(C)C)NC(=O)OCC1c2ccccc2-c2ccccc21. The van der Waals surface area contributed by atoms with Gasteiger partial charge in [0.25, 0.3) is 0 Å². The minimum absolute atomic E-state index is 0.102. The van der Waals surface area contributed by atoms with E-state index >= 15 is 0 Å². The van der Waals surface area contributed by atoms with Gasteiger partial charge >= 0.3 is 18.2 Å². The highest BCUT2D eigenvalue weighted by atomic mass is 33.1. The fourth-order valence-corrected chi connectivity index (χ4v) is 9.00. The molecule has 2 aliphatic rings. The van der Waals surface area contributed by atoms with E-state index in [-0.39, 0.29) is 42.3 Å². The number of rotatable bonds is 13. The van der Waals surface area contributed by atoms with Crippen molar-refractivity contribution in [3.05, 3.63) is 119 Å². The molecule has 0 bridgehead atoms. The van der Waals surface area contributed by atoms with Gasteiger partial charge in [0.05, 0.1) is 0 Å². The molecule has 0 fully saturated rings. The zero-order chi connectivity index (χ0) is 36.8. The van der Waals surface area contributed by atoms with Gasteiger partial charge in [-0.3, -0.25) is 4.79 Å². The second kappa shape index (κ2) is 16.3. The van der Waals surface area contributed by atoms with Crippen LogP contribution in [0, 0.1) is 0 Å². The Balaban J connectivity index is 1.01. The van der Waals surface area contributed by atoms with Gasteiger partial charge in [-0.1, -0.05) is 119 Å². The molecule has 52 heavy (non-hydrogen) atoms. The van der Waals surface area contributed by atoms with Gasteiger partial charge in [0, 0.05) is 23.3 Å². The zero-order valence-corrected chi connectivity index (χ0v) is 31.2. The average molecular weight is 739 g/mol. The van der Waals surface area contributed by atoms with Gasteiger partial charge < -0.3 is 24.8 Å². The summed E-state index contributed by atoms with van der Waals surface area (Å²) in [6.07, 6.45) is -1.42. The molecular weight excluding hydrogens is 697 g/mol. The molecule has 0 radical (unpaired) electrons. The molecule has 0 aromatic heterocycles. The average Bonchev–Trinajstić information content (AvgIpc) is 3.62. The Bertz CT molecular complexity index is 1870. The third-order valence-corrected chi connectivity index (χ3v) is 11.4. The molecular formula is C41H42N2O7S2. The maximum atomic E-state index is 13.2. The van der Waals surface area contributed by atoms with Crippen molar-refractivity contribution in [2.75, 3.05) is 24.7 Å². The molecule has 4 aromatic carbocycles. The number of fused-ring (bicyclic) bond motifs is 6. The number of alkyl carbamates (subject to hydrolysis) is 2. The molecule has 2 atom stereocenters. The first-order chi connectivity index (χ1) is 25.0. The van der Waals surface area contributed by atoms with Crippen molar-refractivity contribution in [1.29, 1.82) is 0 Å². The number of nitrogens with one attached hydrogen (secondary N) is 2. The first-order valence-corrected chi connectivity index (χ1v) is 19.7. The van der Waals surface area contributed by atoms with E-state index in [1.165, 1.54) is 28.5 Å². The number of Topliss-reactive ketones (excluding diaryl/α,β-unsaturated/α-hetero) is 1. The lowest BCUT2D eigenvalue weighted by Gasteiger charge is -2.24. The van der Waals surface area contributed by atoms with Crippen molar-refractivity contribution in [3.63, 3.8) is 0 Å². The number of carbonyl (C=O) groups is 4. The number of ketones is 1. The van der Waals surface area contributed by atoms with Gasteiger partial charge in [-0.25, -0.2) is 14.4 Å². The van der Waals surface area contributed by atoms with Gasteiger partial charge in [-0.05, 0) is 72.2 Å². The molecule has 9 nitrogen and oxygen atoms in total. The summed E-state index contributed by atoms with van der Waals surface area (Å²) in [4.78, 5) is 51.6. The molecule has 0 saturated heterocycles. The van der Waals surface area contributed by atoms with Crippen molar-refractivity contribution in [3.8, 4) is 22.3 Å². The normalized spacial score (nSPS) is 14.2. The van der Waals surface area contributed by atoms with Crippen LogP contribution < -0.4 is 10.6 Å². The lowest BCUT2D eigenvalue weighted by molar-refractivity contribution is -0.156. The van der Waals surface area contributed by atoms with Crippen LogP contribution in [0.25, 0.3) is 22.3 Å². The molecule has 270 valence electrons. The Kier molecular flexibility index (Phi) is 11.6. The molecule has 2 N–H and O–H groups in total. The third kappa shape index (κ3) is 8.65. The molecule has 2 amide bonds. The first kappa shape index (κ1) is 37.0. The van der Waals surface area contributed by atoms with Crippen molar-refractivity contribution in [1.82, 2.24) is 10.6 Å². The number of ether oxygens (including phenoxy) is 3. The van der Waals surface area contributed by atoms with E-state index in [9.17, 15) is 19.2 Å². The molecule has 0 aliphatic heterocycles. The molecule has 4 aromatic rings. The van der Waals surface area contributed by atoms with E-state index in [0.717, 1.165) is 44.5 Å². The number of benzene rings is 4. The minimum Gasteiger partial charge on any atom is -0.458 e. The van der Waals surface area contributed by atoms with Gasteiger partial charge in [-0.15, -0.1) is 0 Å². The standard InChI is InChI=1S/C41H42N2O7S2/c1-25(44)36(42-39(46)48-21-34-30-17-9-5-13-26(30)27-14-6-10-18-31(27)34)23-51-52-24-37(38(45)50-41(2,3)4)43-40(47)49-22-35-32-19-11-7-15-28(32)29-16-8-12-20-33(29)35/h5-20,34-37H,21-24H2,1-4H3,(H,42,46)(H,43,47)/t36-,37-/m1/s1. The number of hydrogen-bond donors (Lipinski definition) is 2. The maximum absolute atomic E-state index is 13.2. The van der Waals surface area contributed by atoms with Gasteiger partial charge in [-0.2, -0.15) is 0 Å². The van der Waals surface area contributed by atoms with E-state index in [2.05, 4.69) is 34.9 Å². The quantitative estimate of drug-likeness (QED) is 0.0607. The third-order valence-electron chi connectivity index (χ3n) is 9.01. The van der Waals surface area contributed by atoms with E-state index in [0.29, 0.717) is 0 Å². The summed E-state index contributed by atoms with van der Waals surface area (Å²) >= 11 is 0. The topological polar surface area (TPSA) is 120 Å². The van der Waals surface area contributed by atoms with Crippen molar-refractivity contribution >= 4 is 45.5 Å². The van der Waals surface area contributed by atoms with Gasteiger partial charge in [0.15, 0.2) is 5.78 Å². The summed E-state index contributed by atoms with van der Waals surface area (Å²) in [5, 5.41) is 5.38. The van der Waals surface area contributed by atoms with Crippen LogP contribution in [0.4, 0.5) is 9.59 Å². The second-order valence-electron chi connectivity index (χ2n) is 13.8. The molecule has 2 aliphatic carbocycles. The van der Waals surface area contributed by atoms with Crippen LogP contribution in [0.2, 0.25) is 0 Å². The van der Waals surface area contributed by atoms with Crippen molar-refractivity contribution in [2.45, 2.75) is 57.2 Å². The monoisotopic (exact) mass is 738 g/mol. The Labute approximate surface area is 312 Å². The molecule has 0 unspecified atom stereocenters. The molecule has 0 saturated carbocycles. The van der Waals surface area contributed by atoms with E-state index in [1.54, 1.807) is 20.8 Å². The number of amides is 2. The van der Waals surface area contributed by atoms with E-state index in [1.807, 2.05) is 72.8 Å². The highest BCUT2D eigenvalue weighted by Gasteiger charge is 2.32. The summed E-state index contributed by atoms with van der Waals surface area (Å²) < 4.78 is 16.9. The smallest absolute Gasteiger partial charge is 0.407 e. The highest BCUT2D eigenvalue weighted by Crippen LogP contribution is 2.45. The summed E-state index contributed by atoms with van der Waals surface area (Å²) in [6.45, 7) is 6.90. The number of esters is 1. The first-order valence-electron chi connectivity index (χ1n) is 17.2. The van der Waals surface area contributed by atoms with Gasteiger partial charge in [0.1, 0.15) is 30.9 Å². The maximum Gasteiger partial charge on any atom is 0.407 e. The predicted octanol–water partition coefficient (Wildman–Crippen LogP) is 8.11. The van der Waals surface area contributed by atoms with Crippen LogP contribution in [-0.2, 0) is 23.8 Å². The Morgan fingerprint density at radius 1 is 0.596 bits per heavy atom. The zero-order valence-electron chi connectivity index (χ0n) is 29.5. The number of hydrogen-bond acceptors (Lipinski definition) is 9. The fraction of sp³-hybridized carbons (Fsp3) is 0.317. The highest BCUT2D eigenvalue weighted by molar-refractivity contribution is 8.76. The summed E-state index contributed by atoms with van der Waals surface area (Å²) in [6, 6.07) is 30.4. The lowest BCUT2D eigenvalue weighted by atomic mass is 9.98. The van der Waals surface area contributed by atoms with Crippen LogP contribution in [0.3, 0.4) is 0 Å². The Morgan fingerprint density at radius 3 is 1.31 bits per heavy atom. The predicted molar refractivity (Wildman–Crippen MR) is 205 cm³/mol. The van der Waals surface area contributed by atoms with Crippen LogP contribution in [0.5, 0.6) is 0 Å². The van der Waals surface area contributed by atoms with Crippen LogP contribution in [-0.4, -0.2) is 66.3 Å². The summed E-state index contributed by atoms with van der Waals surface area (Å²) in [7, 11) is 2.57. The Hall–Kier alpha value is -4.74.